The van der Waals surface area contributed by atoms with Crippen LogP contribution in [0.1, 0.15) is 37.5 Å². The molecule has 2 aromatic heterocycles. The Bertz CT molecular complexity index is 823. The molecule has 1 unspecified atom stereocenters. The predicted octanol–water partition coefficient (Wildman–Crippen LogP) is 3.57. The Hall–Kier alpha value is -1.24. The van der Waals surface area contributed by atoms with Gasteiger partial charge >= 0.3 is 0 Å². The number of nitrogens with one attached hydrogen (secondary N) is 1. The van der Waals surface area contributed by atoms with Gasteiger partial charge in [-0.25, -0.2) is 0 Å². The first-order valence-corrected chi connectivity index (χ1v) is 10.3. The Labute approximate surface area is 154 Å². The summed E-state index contributed by atoms with van der Waals surface area (Å²) < 4.78 is 3.23. The zero-order valence-electron chi connectivity index (χ0n) is 13.8. The number of piperidine rings is 1. The van der Waals surface area contributed by atoms with Crippen LogP contribution < -0.4 is 4.90 Å². The Morgan fingerprint density at radius 3 is 2.88 bits per heavy atom. The topological polar surface area (TPSA) is 34.6 Å². The van der Waals surface area contributed by atoms with Crippen molar-refractivity contribution in [2.45, 2.75) is 45.2 Å². The molecule has 1 fully saturated rings. The van der Waals surface area contributed by atoms with Gasteiger partial charge in [0.05, 0.1) is 17.5 Å². The molecule has 0 spiro atoms. The number of hydrogen-bond acceptors (Lipinski definition) is 3. The van der Waals surface area contributed by atoms with Crippen LogP contribution in [0.3, 0.4) is 0 Å². The summed E-state index contributed by atoms with van der Waals surface area (Å²) in [7, 11) is 0. The van der Waals surface area contributed by atoms with E-state index in [1.807, 2.05) is 12.1 Å². The van der Waals surface area contributed by atoms with Crippen molar-refractivity contribution in [3.63, 3.8) is 0 Å². The quantitative estimate of drug-likeness (QED) is 0.719. The number of rotatable bonds is 4. The fourth-order valence-electron chi connectivity index (χ4n) is 3.73. The van der Waals surface area contributed by atoms with E-state index in [4.69, 9.17) is 0 Å². The van der Waals surface area contributed by atoms with E-state index >= 15 is 0 Å². The first-order valence-electron chi connectivity index (χ1n) is 8.68. The van der Waals surface area contributed by atoms with Crippen LogP contribution in [0.2, 0.25) is 0 Å². The Morgan fingerprint density at radius 1 is 1.25 bits per heavy atom. The molecule has 3 aromatic rings. The minimum atomic E-state index is 0.817. The lowest BCUT2D eigenvalue weighted by atomic mass is 10.0. The van der Waals surface area contributed by atoms with E-state index in [-0.39, 0.29) is 0 Å². The molecule has 0 bridgehead atoms. The number of hydrogen-bond donors (Lipinski definition) is 1. The molecule has 6 heteroatoms. The summed E-state index contributed by atoms with van der Waals surface area (Å²) in [6.07, 6.45) is 7.66. The summed E-state index contributed by atoms with van der Waals surface area (Å²) in [4.78, 5) is 4.15. The van der Waals surface area contributed by atoms with Crippen molar-refractivity contribution in [2.75, 3.05) is 6.54 Å². The van der Waals surface area contributed by atoms with Crippen LogP contribution in [0.5, 0.6) is 0 Å². The van der Waals surface area contributed by atoms with Crippen LogP contribution in [-0.2, 0) is 6.54 Å². The molecule has 1 aliphatic rings. The number of quaternary nitrogens is 1. The minimum absolute atomic E-state index is 0.817. The summed E-state index contributed by atoms with van der Waals surface area (Å²) in [5, 5.41) is 8.76. The Kier molecular flexibility index (Phi) is 4.70. The summed E-state index contributed by atoms with van der Waals surface area (Å²) in [6.45, 7) is 4.75. The van der Waals surface area contributed by atoms with E-state index in [9.17, 15) is 0 Å². The van der Waals surface area contributed by atoms with Crippen molar-refractivity contribution in [1.82, 2.24) is 14.6 Å². The number of likely N-dealkylation sites (tertiary alicyclic amines) is 1. The van der Waals surface area contributed by atoms with Crippen LogP contribution in [-0.4, -0.2) is 27.2 Å². The highest BCUT2D eigenvalue weighted by Crippen LogP contribution is 2.25. The second-order valence-corrected chi connectivity index (χ2v) is 8.58. The van der Waals surface area contributed by atoms with Gasteiger partial charge in [-0.05, 0) is 37.8 Å². The highest BCUT2D eigenvalue weighted by atomic mass is 79.9. The molecule has 2 atom stereocenters. The van der Waals surface area contributed by atoms with Gasteiger partial charge in [-0.1, -0.05) is 46.3 Å². The molecule has 24 heavy (non-hydrogen) atoms. The predicted molar refractivity (Wildman–Crippen MR) is 101 cm³/mol. The maximum absolute atomic E-state index is 4.38. The summed E-state index contributed by atoms with van der Waals surface area (Å²) >= 11 is 5.27. The number of fused-ring (bicyclic) bond motifs is 1. The fourth-order valence-corrected chi connectivity index (χ4v) is 4.96. The molecule has 1 aromatic carbocycles. The molecule has 3 heterocycles. The minimum Gasteiger partial charge on any atom is -0.328 e. The smallest absolute Gasteiger partial charge is 0.216 e. The van der Waals surface area contributed by atoms with Crippen molar-refractivity contribution in [3.8, 4) is 11.4 Å². The standard InChI is InChI=1S/C18H21BrN4S/c1-2-15-5-3-4-10-22(15)11-16-12-23-17(20-21-18(23)24-16)13-6-8-14(19)9-7-13/h6-9,12,15H,2-5,10-11H2,1H3/p+1/t15-/m1/s1. The van der Waals surface area contributed by atoms with Gasteiger partial charge in [0.25, 0.3) is 0 Å². The largest absolute Gasteiger partial charge is 0.328 e. The molecule has 0 radical (unpaired) electrons. The average Bonchev–Trinajstić information content (AvgIpc) is 3.16. The third-order valence-corrected chi connectivity index (χ3v) is 6.54. The van der Waals surface area contributed by atoms with Crippen LogP contribution in [0.15, 0.2) is 34.9 Å². The average molecular weight is 406 g/mol. The van der Waals surface area contributed by atoms with E-state index in [0.29, 0.717) is 0 Å². The number of thiazole rings is 1. The van der Waals surface area contributed by atoms with Gasteiger partial charge in [0.15, 0.2) is 5.82 Å². The van der Waals surface area contributed by atoms with Crippen LogP contribution in [0.4, 0.5) is 0 Å². The second kappa shape index (κ2) is 6.94. The monoisotopic (exact) mass is 405 g/mol. The number of aromatic nitrogens is 3. The number of benzene rings is 1. The van der Waals surface area contributed by atoms with Gasteiger partial charge in [0, 0.05) is 16.2 Å². The third kappa shape index (κ3) is 3.15. The number of nitrogens with zero attached hydrogens (tertiary/aromatic N) is 3. The van der Waals surface area contributed by atoms with Gasteiger partial charge in [0.1, 0.15) is 6.54 Å². The first-order chi connectivity index (χ1) is 11.7. The molecule has 1 saturated heterocycles. The van der Waals surface area contributed by atoms with Crippen molar-refractivity contribution >= 4 is 32.2 Å². The second-order valence-electron chi connectivity index (χ2n) is 6.57. The lowest BCUT2D eigenvalue weighted by Crippen LogP contribution is -3.15. The SMILES string of the molecule is CC[C@@H]1CCCC[NH+]1Cc1cn2c(-c3ccc(Br)cc3)nnc2s1. The van der Waals surface area contributed by atoms with Gasteiger partial charge < -0.3 is 4.90 Å². The molecular formula is C18H22BrN4S+. The van der Waals surface area contributed by atoms with Crippen molar-refractivity contribution in [1.29, 1.82) is 0 Å². The Morgan fingerprint density at radius 2 is 2.08 bits per heavy atom. The van der Waals surface area contributed by atoms with Crippen molar-refractivity contribution < 1.29 is 4.90 Å². The molecule has 0 saturated carbocycles. The molecule has 126 valence electrons. The maximum atomic E-state index is 4.38. The summed E-state index contributed by atoms with van der Waals surface area (Å²) in [5.41, 5.74) is 1.10. The molecule has 1 N–H and O–H groups in total. The van der Waals surface area contributed by atoms with Gasteiger partial charge in [-0.3, -0.25) is 4.40 Å². The highest BCUT2D eigenvalue weighted by Gasteiger charge is 2.25. The zero-order valence-corrected chi connectivity index (χ0v) is 16.2. The zero-order chi connectivity index (χ0) is 16.5. The van der Waals surface area contributed by atoms with Crippen molar-refractivity contribution in [3.05, 3.63) is 39.8 Å². The number of halogens is 1. The molecule has 4 rings (SSSR count). The summed E-state index contributed by atoms with van der Waals surface area (Å²) in [6, 6.07) is 9.08. The molecule has 0 amide bonds. The van der Waals surface area contributed by atoms with Gasteiger partial charge in [-0.2, -0.15) is 0 Å². The van der Waals surface area contributed by atoms with Crippen LogP contribution in [0, 0.1) is 0 Å². The van der Waals surface area contributed by atoms with Crippen molar-refractivity contribution in [2.24, 2.45) is 0 Å². The van der Waals surface area contributed by atoms with E-state index in [2.05, 4.69) is 55.8 Å². The Balaban J connectivity index is 1.61. The molecule has 0 aliphatic carbocycles. The van der Waals surface area contributed by atoms with E-state index < -0.39 is 0 Å². The normalized spacial score (nSPS) is 21.4. The third-order valence-electron chi connectivity index (χ3n) is 5.03. The first kappa shape index (κ1) is 16.2. The molecule has 1 aliphatic heterocycles. The van der Waals surface area contributed by atoms with E-state index in [0.717, 1.165) is 33.4 Å². The lowest BCUT2D eigenvalue weighted by molar-refractivity contribution is -0.943. The summed E-state index contributed by atoms with van der Waals surface area (Å²) in [5.74, 6) is 0.931. The lowest BCUT2D eigenvalue weighted by Gasteiger charge is -2.31. The van der Waals surface area contributed by atoms with Crippen LogP contribution >= 0.6 is 27.3 Å². The van der Waals surface area contributed by atoms with E-state index in [1.165, 1.54) is 37.1 Å². The molecule has 4 nitrogen and oxygen atoms in total. The van der Waals surface area contributed by atoms with Gasteiger partial charge in [-0.15, -0.1) is 10.2 Å². The van der Waals surface area contributed by atoms with Crippen LogP contribution in [0.25, 0.3) is 16.3 Å². The maximum Gasteiger partial charge on any atom is 0.216 e. The highest BCUT2D eigenvalue weighted by molar-refractivity contribution is 9.10. The van der Waals surface area contributed by atoms with Gasteiger partial charge in [0.2, 0.25) is 4.96 Å². The van der Waals surface area contributed by atoms with E-state index in [1.54, 1.807) is 16.2 Å². The molecular weight excluding hydrogens is 384 g/mol. The fraction of sp³-hybridized carbons (Fsp3) is 0.444.